The zero-order valence-electron chi connectivity index (χ0n) is 14.8. The van der Waals surface area contributed by atoms with Crippen LogP contribution in [0.15, 0.2) is 36.7 Å². The number of aryl methyl sites for hydroxylation is 1. The fraction of sp³-hybridized carbons (Fsp3) is 0.444. The molecule has 1 amide bonds. The minimum atomic E-state index is -0.359. The Morgan fingerprint density at radius 1 is 1.38 bits per heavy atom. The zero-order valence-corrected chi connectivity index (χ0v) is 15.6. The summed E-state index contributed by atoms with van der Waals surface area (Å²) in [5, 5.41) is 4.19. The number of carbonyl (C=O) groups excluding carboxylic acids is 1. The summed E-state index contributed by atoms with van der Waals surface area (Å²) >= 11 is 1.60. The first-order chi connectivity index (χ1) is 11.2. The van der Waals surface area contributed by atoms with Crippen LogP contribution in [-0.2, 0) is 11.8 Å². The van der Waals surface area contributed by atoms with Gasteiger partial charge in [0.15, 0.2) is 0 Å². The molecule has 24 heavy (non-hydrogen) atoms. The highest BCUT2D eigenvalue weighted by Gasteiger charge is 2.26. The molecule has 1 aromatic carbocycles. The highest BCUT2D eigenvalue weighted by Crippen LogP contribution is 2.30. The van der Waals surface area contributed by atoms with E-state index in [1.165, 1.54) is 12.1 Å². The molecule has 0 unspecified atom stereocenters. The molecule has 0 radical (unpaired) electrons. The van der Waals surface area contributed by atoms with Crippen molar-refractivity contribution in [3.05, 3.63) is 53.6 Å². The third kappa shape index (κ3) is 4.84. The molecular formula is C18H24FN3OS. The second-order valence-electron chi connectivity index (χ2n) is 6.81. The smallest absolute Gasteiger partial charge is 0.233 e. The van der Waals surface area contributed by atoms with Gasteiger partial charge in [-0.15, -0.1) is 11.8 Å². The molecule has 1 atom stereocenters. The summed E-state index contributed by atoms with van der Waals surface area (Å²) in [6.45, 7) is 6.24. The van der Waals surface area contributed by atoms with E-state index >= 15 is 0 Å². The van der Waals surface area contributed by atoms with Gasteiger partial charge in [0.1, 0.15) is 5.82 Å². The van der Waals surface area contributed by atoms with E-state index in [0.717, 1.165) is 11.1 Å². The number of carbonyl (C=O) groups is 1. The lowest BCUT2D eigenvalue weighted by Crippen LogP contribution is -2.34. The summed E-state index contributed by atoms with van der Waals surface area (Å²) in [5.41, 5.74) is 1.60. The molecule has 0 N–H and O–H groups in total. The maximum absolute atomic E-state index is 13.7. The van der Waals surface area contributed by atoms with Crippen molar-refractivity contribution in [2.24, 2.45) is 7.05 Å². The largest absolute Gasteiger partial charge is 0.334 e. The molecule has 0 bridgehead atoms. The second kappa shape index (κ2) is 7.38. The van der Waals surface area contributed by atoms with Crippen LogP contribution in [0.2, 0.25) is 0 Å². The Kier molecular flexibility index (Phi) is 5.70. The van der Waals surface area contributed by atoms with E-state index in [0.29, 0.717) is 5.75 Å². The van der Waals surface area contributed by atoms with E-state index in [1.807, 2.05) is 19.3 Å². The molecule has 1 heterocycles. The molecule has 0 aliphatic carbocycles. The average Bonchev–Trinajstić information content (AvgIpc) is 2.90. The number of rotatable bonds is 5. The summed E-state index contributed by atoms with van der Waals surface area (Å²) in [6.07, 6.45) is 3.58. The normalized spacial score (nSPS) is 12.9. The monoisotopic (exact) mass is 349 g/mol. The molecule has 0 aliphatic rings. The van der Waals surface area contributed by atoms with Crippen molar-refractivity contribution < 1.29 is 9.18 Å². The molecule has 0 saturated carbocycles. The van der Waals surface area contributed by atoms with Gasteiger partial charge in [0.05, 0.1) is 18.0 Å². The van der Waals surface area contributed by atoms with E-state index in [-0.39, 0.29) is 22.5 Å². The molecule has 0 fully saturated rings. The van der Waals surface area contributed by atoms with Gasteiger partial charge >= 0.3 is 0 Å². The molecule has 4 nitrogen and oxygen atoms in total. The minimum absolute atomic E-state index is 0.00744. The topological polar surface area (TPSA) is 38.1 Å². The van der Waals surface area contributed by atoms with Crippen molar-refractivity contribution >= 4 is 17.7 Å². The van der Waals surface area contributed by atoms with Crippen molar-refractivity contribution in [1.82, 2.24) is 14.7 Å². The Morgan fingerprint density at radius 2 is 2.08 bits per heavy atom. The molecule has 2 rings (SSSR count). The highest BCUT2D eigenvalue weighted by molar-refractivity contribution is 8.01. The molecule has 2 aromatic rings. The third-order valence-corrected chi connectivity index (χ3v) is 4.87. The fourth-order valence-electron chi connectivity index (χ4n) is 2.42. The van der Waals surface area contributed by atoms with E-state index < -0.39 is 0 Å². The maximum Gasteiger partial charge on any atom is 0.233 e. The van der Waals surface area contributed by atoms with Gasteiger partial charge in [-0.2, -0.15) is 5.10 Å². The quantitative estimate of drug-likeness (QED) is 0.827. The first-order valence-corrected chi connectivity index (χ1v) is 8.79. The first kappa shape index (κ1) is 18.5. The Bertz CT molecular complexity index is 708. The van der Waals surface area contributed by atoms with Gasteiger partial charge in [0.2, 0.25) is 5.91 Å². The van der Waals surface area contributed by atoms with Crippen molar-refractivity contribution in [3.63, 3.8) is 0 Å². The van der Waals surface area contributed by atoms with Gasteiger partial charge < -0.3 is 4.90 Å². The SMILES string of the molecule is CN(C(=O)CSC(C)(C)C)[C@H](c1cccc(F)c1)c1cnn(C)c1. The van der Waals surface area contributed by atoms with Crippen molar-refractivity contribution in [2.45, 2.75) is 31.6 Å². The summed E-state index contributed by atoms with van der Waals surface area (Å²) in [4.78, 5) is 14.3. The Morgan fingerprint density at radius 3 is 2.62 bits per heavy atom. The van der Waals surface area contributed by atoms with Crippen LogP contribution in [0.3, 0.4) is 0 Å². The molecular weight excluding hydrogens is 325 g/mol. The van der Waals surface area contributed by atoms with E-state index in [2.05, 4.69) is 25.9 Å². The van der Waals surface area contributed by atoms with Crippen molar-refractivity contribution in [1.29, 1.82) is 0 Å². The van der Waals surface area contributed by atoms with Crippen LogP contribution in [0.1, 0.15) is 37.9 Å². The zero-order chi connectivity index (χ0) is 17.9. The number of aromatic nitrogens is 2. The Labute approximate surface area is 147 Å². The number of thioether (sulfide) groups is 1. The van der Waals surface area contributed by atoms with E-state index in [1.54, 1.807) is 40.7 Å². The molecule has 0 aliphatic heterocycles. The predicted molar refractivity (Wildman–Crippen MR) is 96.4 cm³/mol. The van der Waals surface area contributed by atoms with Gasteiger partial charge in [-0.1, -0.05) is 32.9 Å². The van der Waals surface area contributed by atoms with Crippen molar-refractivity contribution in [2.75, 3.05) is 12.8 Å². The average molecular weight is 349 g/mol. The van der Waals surface area contributed by atoms with Crippen LogP contribution in [0.4, 0.5) is 4.39 Å². The fourth-order valence-corrected chi connectivity index (χ4v) is 3.18. The van der Waals surface area contributed by atoms with Gasteiger partial charge in [-0.05, 0) is 17.7 Å². The minimum Gasteiger partial charge on any atom is -0.334 e. The van der Waals surface area contributed by atoms with Gasteiger partial charge in [-0.3, -0.25) is 9.48 Å². The van der Waals surface area contributed by atoms with Crippen LogP contribution in [0, 0.1) is 5.82 Å². The van der Waals surface area contributed by atoms with Gasteiger partial charge in [-0.25, -0.2) is 4.39 Å². The van der Waals surface area contributed by atoms with Gasteiger partial charge in [0, 0.05) is 30.6 Å². The summed E-state index contributed by atoms with van der Waals surface area (Å²) in [6, 6.07) is 6.01. The van der Waals surface area contributed by atoms with E-state index in [9.17, 15) is 9.18 Å². The van der Waals surface area contributed by atoms with Crippen LogP contribution >= 0.6 is 11.8 Å². The summed E-state index contributed by atoms with van der Waals surface area (Å²) in [5.74, 6) is 0.0749. The van der Waals surface area contributed by atoms with Crippen LogP contribution in [-0.4, -0.2) is 38.1 Å². The predicted octanol–water partition coefficient (Wildman–Crippen LogP) is 3.64. The number of halogens is 1. The first-order valence-electron chi connectivity index (χ1n) is 7.81. The molecule has 0 spiro atoms. The lowest BCUT2D eigenvalue weighted by Gasteiger charge is -2.29. The molecule has 1 aromatic heterocycles. The highest BCUT2D eigenvalue weighted by atomic mass is 32.2. The summed E-state index contributed by atoms with van der Waals surface area (Å²) < 4.78 is 15.4. The number of benzene rings is 1. The number of hydrogen-bond donors (Lipinski definition) is 0. The van der Waals surface area contributed by atoms with Crippen LogP contribution in [0.5, 0.6) is 0 Å². The van der Waals surface area contributed by atoms with Crippen LogP contribution in [0.25, 0.3) is 0 Å². The maximum atomic E-state index is 13.7. The summed E-state index contributed by atoms with van der Waals surface area (Å²) in [7, 11) is 3.58. The number of amides is 1. The Balaban J connectivity index is 2.30. The molecule has 0 saturated heterocycles. The van der Waals surface area contributed by atoms with Crippen LogP contribution < -0.4 is 0 Å². The van der Waals surface area contributed by atoms with Crippen molar-refractivity contribution in [3.8, 4) is 0 Å². The molecule has 6 heteroatoms. The lowest BCUT2D eigenvalue weighted by atomic mass is 10.00. The van der Waals surface area contributed by atoms with Gasteiger partial charge in [0.25, 0.3) is 0 Å². The standard InChI is InChI=1S/C18H24FN3OS/c1-18(2,3)24-12-16(23)22(5)17(14-10-20-21(4)11-14)13-7-6-8-15(19)9-13/h6-11,17H,12H2,1-5H3/t17-/m1/s1. The number of hydrogen-bond acceptors (Lipinski definition) is 3. The van der Waals surface area contributed by atoms with E-state index in [4.69, 9.17) is 0 Å². The lowest BCUT2D eigenvalue weighted by molar-refractivity contribution is -0.128. The Hall–Kier alpha value is -1.82. The number of nitrogens with zero attached hydrogens (tertiary/aromatic N) is 3. The molecule has 130 valence electrons. The second-order valence-corrected chi connectivity index (χ2v) is 8.61. The third-order valence-electron chi connectivity index (χ3n) is 3.61.